The maximum absolute atomic E-state index is 12.4. The van der Waals surface area contributed by atoms with Crippen molar-refractivity contribution in [2.45, 2.75) is 51.0 Å². The average Bonchev–Trinajstić information content (AvgIpc) is 3.09. The van der Waals surface area contributed by atoms with Crippen LogP contribution in [0.15, 0.2) is 29.3 Å². The van der Waals surface area contributed by atoms with Crippen molar-refractivity contribution >= 4 is 23.0 Å². The minimum atomic E-state index is -0.0717. The molecular weight excluding hydrogens is 352 g/mol. The number of benzene rings is 1. The van der Waals surface area contributed by atoms with Gasteiger partial charge < -0.3 is 15.6 Å². The van der Waals surface area contributed by atoms with Crippen molar-refractivity contribution in [3.63, 3.8) is 0 Å². The van der Waals surface area contributed by atoms with E-state index in [1.807, 2.05) is 0 Å². The maximum Gasteiger partial charge on any atom is 0.315 e. The summed E-state index contributed by atoms with van der Waals surface area (Å²) < 4.78 is 0. The van der Waals surface area contributed by atoms with E-state index in [0.717, 1.165) is 44.9 Å². The van der Waals surface area contributed by atoms with Gasteiger partial charge in [0.25, 0.3) is 0 Å². The summed E-state index contributed by atoms with van der Waals surface area (Å²) in [6.07, 6.45) is 8.85. The summed E-state index contributed by atoms with van der Waals surface area (Å²) in [5.41, 5.74) is 3.84. The van der Waals surface area contributed by atoms with E-state index >= 15 is 0 Å². The Hall–Kier alpha value is -2.59. The van der Waals surface area contributed by atoms with Gasteiger partial charge in [0.2, 0.25) is 6.08 Å². The molecule has 1 fully saturated rings. The smallest absolute Gasteiger partial charge is 0.315 e. The minimum absolute atomic E-state index is 0.0717. The van der Waals surface area contributed by atoms with E-state index in [1.165, 1.54) is 22.2 Å². The van der Waals surface area contributed by atoms with E-state index in [1.54, 1.807) is 6.08 Å². The van der Waals surface area contributed by atoms with Gasteiger partial charge in [-0.15, -0.1) is 0 Å². The number of nitrogens with zero attached hydrogens (tertiary/aromatic N) is 1. The van der Waals surface area contributed by atoms with E-state index in [4.69, 9.17) is 0 Å². The Morgan fingerprint density at radius 2 is 2.07 bits per heavy atom. The molecule has 3 unspecified atom stereocenters. The van der Waals surface area contributed by atoms with E-state index in [9.17, 15) is 9.59 Å². The number of hydrogen-bond donors (Lipinski definition) is 3. The molecule has 28 heavy (non-hydrogen) atoms. The lowest BCUT2D eigenvalue weighted by atomic mass is 9.81. The highest BCUT2D eigenvalue weighted by Gasteiger charge is 2.25. The molecule has 0 bridgehead atoms. The van der Waals surface area contributed by atoms with Crippen LogP contribution in [0.3, 0.4) is 0 Å². The number of carbonyl (C=O) groups excluding carboxylic acids is 2. The lowest BCUT2D eigenvalue weighted by molar-refractivity contribution is 0.225. The second kappa shape index (κ2) is 8.61. The summed E-state index contributed by atoms with van der Waals surface area (Å²) in [5.74, 6) is 0.918. The zero-order valence-corrected chi connectivity index (χ0v) is 16.2. The fourth-order valence-electron chi connectivity index (χ4n) is 4.90. The number of aromatic nitrogens is 1. The second-order valence-corrected chi connectivity index (χ2v) is 8.25. The number of aliphatic imine (C=N–C) groups is 1. The predicted molar refractivity (Wildman–Crippen MR) is 109 cm³/mol. The number of para-hydroxylation sites is 1. The molecular formula is C22H28N4O2. The highest BCUT2D eigenvalue weighted by molar-refractivity contribution is 5.85. The summed E-state index contributed by atoms with van der Waals surface area (Å²) in [7, 11) is 0. The van der Waals surface area contributed by atoms with Gasteiger partial charge in [-0.25, -0.2) is 14.6 Å². The third-order valence-electron chi connectivity index (χ3n) is 6.29. The first kappa shape index (κ1) is 18.8. The summed E-state index contributed by atoms with van der Waals surface area (Å²) in [6.45, 7) is 1.26. The topological polar surface area (TPSA) is 86.3 Å². The van der Waals surface area contributed by atoms with Crippen LogP contribution in [0.5, 0.6) is 0 Å². The van der Waals surface area contributed by atoms with Crippen molar-refractivity contribution < 1.29 is 9.59 Å². The van der Waals surface area contributed by atoms with E-state index in [0.29, 0.717) is 24.9 Å². The molecule has 1 aromatic heterocycles. The molecule has 0 spiro atoms. The van der Waals surface area contributed by atoms with Gasteiger partial charge in [0.05, 0.1) is 6.54 Å². The molecule has 1 heterocycles. The summed E-state index contributed by atoms with van der Waals surface area (Å²) in [4.78, 5) is 29.9. The molecule has 0 radical (unpaired) electrons. The number of rotatable bonds is 5. The highest BCUT2D eigenvalue weighted by Crippen LogP contribution is 2.30. The molecule has 4 rings (SSSR count). The Kier molecular flexibility index (Phi) is 5.77. The molecule has 148 valence electrons. The molecule has 2 aromatic rings. The summed E-state index contributed by atoms with van der Waals surface area (Å²) in [5, 5.41) is 7.52. The molecule has 1 saturated carbocycles. The molecule has 3 atom stereocenters. The molecule has 0 aliphatic heterocycles. The Morgan fingerprint density at radius 1 is 1.21 bits per heavy atom. The van der Waals surface area contributed by atoms with Crippen molar-refractivity contribution in [2.24, 2.45) is 16.8 Å². The first-order valence-electron chi connectivity index (χ1n) is 10.4. The van der Waals surface area contributed by atoms with Gasteiger partial charge in [-0.2, -0.15) is 0 Å². The average molecular weight is 380 g/mol. The number of aromatic amines is 1. The number of aryl methyl sites for hydroxylation is 1. The van der Waals surface area contributed by atoms with E-state index < -0.39 is 0 Å². The van der Waals surface area contributed by atoms with Gasteiger partial charge >= 0.3 is 6.03 Å². The zero-order valence-electron chi connectivity index (χ0n) is 16.2. The minimum Gasteiger partial charge on any atom is -0.358 e. The maximum atomic E-state index is 12.4. The van der Waals surface area contributed by atoms with Gasteiger partial charge in [0.1, 0.15) is 0 Å². The number of nitrogens with one attached hydrogen (secondary N) is 3. The Balaban J connectivity index is 1.26. The van der Waals surface area contributed by atoms with Crippen molar-refractivity contribution in [3.05, 3.63) is 35.5 Å². The highest BCUT2D eigenvalue weighted by atomic mass is 16.2. The second-order valence-electron chi connectivity index (χ2n) is 8.25. The van der Waals surface area contributed by atoms with E-state index in [2.05, 4.69) is 44.9 Å². The SMILES string of the molecule is O=C=NCC1CCCC(CNC(=O)NC2CCc3c([nH]c4ccccc34)C2)C1. The van der Waals surface area contributed by atoms with Crippen molar-refractivity contribution in [3.8, 4) is 0 Å². The Morgan fingerprint density at radius 3 is 2.96 bits per heavy atom. The third kappa shape index (κ3) is 4.28. The molecule has 3 N–H and O–H groups in total. The quantitative estimate of drug-likeness (QED) is 0.548. The van der Waals surface area contributed by atoms with Crippen molar-refractivity contribution in [1.82, 2.24) is 15.6 Å². The van der Waals surface area contributed by atoms with Crippen LogP contribution in [0.4, 0.5) is 4.79 Å². The first-order valence-corrected chi connectivity index (χ1v) is 10.4. The number of isocyanates is 1. The van der Waals surface area contributed by atoms with Gasteiger partial charge in [0.15, 0.2) is 0 Å². The fraction of sp³-hybridized carbons (Fsp3) is 0.545. The molecule has 1 aromatic carbocycles. The Bertz CT molecular complexity index is 884. The van der Waals surface area contributed by atoms with Crippen LogP contribution in [0, 0.1) is 11.8 Å². The van der Waals surface area contributed by atoms with Crippen LogP contribution in [-0.2, 0) is 17.6 Å². The van der Waals surface area contributed by atoms with Gasteiger partial charge in [-0.05, 0) is 55.6 Å². The number of amides is 2. The van der Waals surface area contributed by atoms with Crippen LogP contribution >= 0.6 is 0 Å². The first-order chi connectivity index (χ1) is 13.7. The number of urea groups is 1. The molecule has 6 heteroatoms. The van der Waals surface area contributed by atoms with Crippen molar-refractivity contribution in [2.75, 3.05) is 13.1 Å². The lowest BCUT2D eigenvalue weighted by Gasteiger charge is -2.29. The third-order valence-corrected chi connectivity index (χ3v) is 6.29. The Labute approximate surface area is 165 Å². The standard InChI is InChI=1S/C22H28N4O2/c27-14-23-12-15-4-3-5-16(10-15)13-24-22(28)25-17-8-9-19-18-6-1-2-7-20(18)26-21(19)11-17/h1-2,6-7,15-17,26H,3-5,8-13H2,(H2,24,25,28). The number of fused-ring (bicyclic) bond motifs is 3. The van der Waals surface area contributed by atoms with Crippen molar-refractivity contribution in [1.29, 1.82) is 0 Å². The zero-order chi connectivity index (χ0) is 19.3. The molecule has 2 aliphatic carbocycles. The largest absolute Gasteiger partial charge is 0.358 e. The number of carbonyl (C=O) groups is 1. The lowest BCUT2D eigenvalue weighted by Crippen LogP contribution is -2.46. The number of hydrogen-bond acceptors (Lipinski definition) is 3. The van der Waals surface area contributed by atoms with Gasteiger partial charge in [-0.3, -0.25) is 0 Å². The van der Waals surface area contributed by atoms with E-state index in [-0.39, 0.29) is 12.1 Å². The molecule has 6 nitrogen and oxygen atoms in total. The van der Waals surface area contributed by atoms with Crippen LogP contribution in [0.25, 0.3) is 10.9 Å². The molecule has 0 saturated heterocycles. The van der Waals surface area contributed by atoms with Crippen LogP contribution < -0.4 is 10.6 Å². The van der Waals surface area contributed by atoms with Crippen LogP contribution in [-0.4, -0.2) is 36.2 Å². The summed E-state index contributed by atoms with van der Waals surface area (Å²) in [6, 6.07) is 8.51. The monoisotopic (exact) mass is 380 g/mol. The normalized spacial score (nSPS) is 24.2. The molecule has 2 aliphatic rings. The summed E-state index contributed by atoms with van der Waals surface area (Å²) >= 11 is 0. The molecule has 2 amide bonds. The fourth-order valence-corrected chi connectivity index (χ4v) is 4.90. The van der Waals surface area contributed by atoms with Crippen LogP contribution in [0.1, 0.15) is 43.4 Å². The van der Waals surface area contributed by atoms with Gasteiger partial charge in [-0.1, -0.05) is 24.6 Å². The van der Waals surface area contributed by atoms with Crippen LogP contribution in [0.2, 0.25) is 0 Å². The number of H-pyrrole nitrogens is 1. The predicted octanol–water partition coefficient (Wildman–Crippen LogP) is 3.47. The van der Waals surface area contributed by atoms with Gasteiger partial charge in [0, 0.05) is 35.6 Å².